The maximum Gasteiger partial charge on any atom is 0.159 e. The molecule has 2 aromatic heterocycles. The van der Waals surface area contributed by atoms with Gasteiger partial charge in [0, 0.05) is 17.9 Å². The van der Waals surface area contributed by atoms with Gasteiger partial charge in [-0.05, 0) is 42.5 Å². The molecule has 0 bridgehead atoms. The summed E-state index contributed by atoms with van der Waals surface area (Å²) in [5.74, 6) is 0.814. The maximum atomic E-state index is 4.67. The van der Waals surface area contributed by atoms with Crippen LogP contribution < -0.4 is 5.32 Å². The lowest BCUT2D eigenvalue weighted by Crippen LogP contribution is -2.28. The van der Waals surface area contributed by atoms with Crippen LogP contribution in [0.5, 0.6) is 0 Å². The number of hydrogen-bond acceptors (Lipinski definition) is 3. The smallest absolute Gasteiger partial charge is 0.159 e. The van der Waals surface area contributed by atoms with Gasteiger partial charge in [0.2, 0.25) is 0 Å². The van der Waals surface area contributed by atoms with Crippen LogP contribution in [0.2, 0.25) is 0 Å². The van der Waals surface area contributed by atoms with Crippen LogP contribution in [0.4, 0.5) is 5.69 Å². The first-order valence-corrected chi connectivity index (χ1v) is 7.33. The Morgan fingerprint density at radius 2 is 2.05 bits per heavy atom. The number of aromatic nitrogens is 4. The molecule has 3 aromatic rings. The van der Waals surface area contributed by atoms with E-state index in [0.29, 0.717) is 0 Å². The Bertz CT molecular complexity index is 824. The third-order valence-electron chi connectivity index (χ3n) is 4.36. The molecule has 3 N–H and O–H groups in total. The molecule has 21 heavy (non-hydrogen) atoms. The summed E-state index contributed by atoms with van der Waals surface area (Å²) in [6.45, 7) is 7.60. The Morgan fingerprint density at radius 3 is 2.81 bits per heavy atom. The van der Waals surface area contributed by atoms with E-state index in [1.165, 1.54) is 11.3 Å². The molecule has 108 valence electrons. The van der Waals surface area contributed by atoms with Gasteiger partial charge < -0.3 is 10.3 Å². The zero-order chi connectivity index (χ0) is 14.6. The molecule has 3 heterocycles. The van der Waals surface area contributed by atoms with Crippen LogP contribution in [-0.2, 0) is 5.41 Å². The molecular formula is C16H19N5. The Morgan fingerprint density at radius 1 is 1.19 bits per heavy atom. The van der Waals surface area contributed by atoms with Crippen molar-refractivity contribution in [2.75, 3.05) is 11.9 Å². The van der Waals surface area contributed by atoms with Crippen molar-refractivity contribution in [3.05, 3.63) is 29.5 Å². The van der Waals surface area contributed by atoms with E-state index in [1.807, 2.05) is 13.0 Å². The van der Waals surface area contributed by atoms with Gasteiger partial charge in [-0.15, -0.1) is 0 Å². The van der Waals surface area contributed by atoms with Crippen LogP contribution in [-0.4, -0.2) is 26.7 Å². The molecular weight excluding hydrogens is 262 g/mol. The molecule has 5 heteroatoms. The van der Waals surface area contributed by atoms with Gasteiger partial charge in [0.25, 0.3) is 0 Å². The van der Waals surface area contributed by atoms with E-state index in [4.69, 9.17) is 0 Å². The highest BCUT2D eigenvalue weighted by atomic mass is 15.1. The molecule has 0 spiro atoms. The Balaban J connectivity index is 1.89. The fourth-order valence-corrected chi connectivity index (χ4v) is 3.07. The van der Waals surface area contributed by atoms with Gasteiger partial charge in [-0.2, -0.15) is 5.10 Å². The first kappa shape index (κ1) is 12.4. The number of aromatic amines is 2. The van der Waals surface area contributed by atoms with E-state index in [9.17, 15) is 0 Å². The van der Waals surface area contributed by atoms with E-state index in [-0.39, 0.29) is 5.41 Å². The molecule has 0 atom stereocenters. The second-order valence-electron chi connectivity index (χ2n) is 6.50. The van der Waals surface area contributed by atoms with Crippen LogP contribution in [0.3, 0.4) is 0 Å². The Kier molecular flexibility index (Phi) is 2.43. The molecule has 0 unspecified atom stereocenters. The number of nitrogens with zero attached hydrogens (tertiary/aromatic N) is 2. The quantitative estimate of drug-likeness (QED) is 0.640. The van der Waals surface area contributed by atoms with Crippen molar-refractivity contribution in [1.29, 1.82) is 0 Å². The van der Waals surface area contributed by atoms with Gasteiger partial charge in [0.1, 0.15) is 5.69 Å². The number of hydrogen-bond donors (Lipinski definition) is 3. The summed E-state index contributed by atoms with van der Waals surface area (Å²) < 4.78 is 0. The fourth-order valence-electron chi connectivity index (χ4n) is 3.07. The summed E-state index contributed by atoms with van der Waals surface area (Å²) in [7, 11) is 0. The van der Waals surface area contributed by atoms with E-state index in [0.717, 1.165) is 41.2 Å². The Hall–Kier alpha value is -2.30. The minimum absolute atomic E-state index is 0.197. The second kappa shape index (κ2) is 4.10. The summed E-state index contributed by atoms with van der Waals surface area (Å²) >= 11 is 0. The van der Waals surface area contributed by atoms with Crippen LogP contribution >= 0.6 is 0 Å². The standard InChI is InChI=1S/C16H19N5/c1-9-6-14(21-20-9)15-18-12-7-10-11(8-13(12)19-15)17-5-4-16(10,2)3/h6-8,17H,4-5H2,1-3H3,(H,18,19)(H,20,21). The van der Waals surface area contributed by atoms with Crippen molar-refractivity contribution in [2.24, 2.45) is 0 Å². The van der Waals surface area contributed by atoms with Gasteiger partial charge >= 0.3 is 0 Å². The van der Waals surface area contributed by atoms with Crippen molar-refractivity contribution in [2.45, 2.75) is 32.6 Å². The van der Waals surface area contributed by atoms with Gasteiger partial charge in [-0.3, -0.25) is 5.10 Å². The number of H-pyrrole nitrogens is 2. The first-order chi connectivity index (χ1) is 10.0. The number of anilines is 1. The van der Waals surface area contributed by atoms with Crippen molar-refractivity contribution in [3.63, 3.8) is 0 Å². The van der Waals surface area contributed by atoms with E-state index < -0.39 is 0 Å². The lowest BCUT2D eigenvalue weighted by atomic mass is 9.78. The predicted molar refractivity (Wildman–Crippen MR) is 84.5 cm³/mol. The molecule has 4 rings (SSSR count). The van der Waals surface area contributed by atoms with Gasteiger partial charge in [-0.1, -0.05) is 13.8 Å². The highest BCUT2D eigenvalue weighted by molar-refractivity contribution is 5.85. The van der Waals surface area contributed by atoms with Crippen LogP contribution in [0.1, 0.15) is 31.5 Å². The number of benzene rings is 1. The summed E-state index contributed by atoms with van der Waals surface area (Å²) in [6.07, 6.45) is 1.14. The monoisotopic (exact) mass is 281 g/mol. The molecule has 1 aliphatic rings. The lowest BCUT2D eigenvalue weighted by Gasteiger charge is -2.33. The average Bonchev–Trinajstić information content (AvgIpc) is 3.02. The number of rotatable bonds is 1. The molecule has 1 aromatic carbocycles. The van der Waals surface area contributed by atoms with Gasteiger partial charge in [0.05, 0.1) is 11.0 Å². The van der Waals surface area contributed by atoms with Crippen LogP contribution in [0, 0.1) is 6.92 Å². The van der Waals surface area contributed by atoms with Crippen molar-refractivity contribution in [1.82, 2.24) is 20.2 Å². The van der Waals surface area contributed by atoms with Gasteiger partial charge in [-0.25, -0.2) is 4.98 Å². The molecule has 0 amide bonds. The molecule has 0 radical (unpaired) electrons. The van der Waals surface area contributed by atoms with Crippen LogP contribution in [0.25, 0.3) is 22.6 Å². The summed E-state index contributed by atoms with van der Waals surface area (Å²) in [6, 6.07) is 6.37. The molecule has 0 saturated heterocycles. The average molecular weight is 281 g/mol. The van der Waals surface area contributed by atoms with Crippen molar-refractivity contribution in [3.8, 4) is 11.5 Å². The normalized spacial score (nSPS) is 16.7. The summed E-state index contributed by atoms with van der Waals surface area (Å²) in [5.41, 5.74) is 6.70. The minimum Gasteiger partial charge on any atom is -0.385 e. The molecule has 0 fully saturated rings. The Labute approximate surface area is 123 Å². The highest BCUT2D eigenvalue weighted by Gasteiger charge is 2.28. The van der Waals surface area contributed by atoms with Gasteiger partial charge in [0.15, 0.2) is 5.82 Å². The molecule has 0 saturated carbocycles. The maximum absolute atomic E-state index is 4.67. The molecule has 0 aliphatic carbocycles. The molecule has 1 aliphatic heterocycles. The minimum atomic E-state index is 0.197. The SMILES string of the molecule is Cc1cc(-c2nc3cc4c(cc3[nH]2)C(C)(C)CCN4)n[nH]1. The largest absolute Gasteiger partial charge is 0.385 e. The predicted octanol–water partition coefficient (Wildman–Crippen LogP) is 3.35. The number of fused-ring (bicyclic) bond motifs is 2. The van der Waals surface area contributed by atoms with Crippen LogP contribution in [0.15, 0.2) is 18.2 Å². The third-order valence-corrected chi connectivity index (χ3v) is 4.36. The van der Waals surface area contributed by atoms with Crippen molar-refractivity contribution < 1.29 is 0 Å². The second-order valence-corrected chi connectivity index (χ2v) is 6.50. The van der Waals surface area contributed by atoms with E-state index in [2.05, 4.69) is 51.5 Å². The number of nitrogens with one attached hydrogen (secondary N) is 3. The van der Waals surface area contributed by atoms with E-state index in [1.54, 1.807) is 0 Å². The lowest BCUT2D eigenvalue weighted by molar-refractivity contribution is 0.482. The first-order valence-electron chi connectivity index (χ1n) is 7.33. The summed E-state index contributed by atoms with van der Waals surface area (Å²) in [4.78, 5) is 8.07. The number of imidazole rings is 1. The number of aryl methyl sites for hydroxylation is 1. The summed E-state index contributed by atoms with van der Waals surface area (Å²) in [5, 5.41) is 10.7. The zero-order valence-electron chi connectivity index (χ0n) is 12.5. The zero-order valence-corrected chi connectivity index (χ0v) is 12.5. The molecule has 5 nitrogen and oxygen atoms in total. The highest BCUT2D eigenvalue weighted by Crippen LogP contribution is 2.38. The van der Waals surface area contributed by atoms with Crippen molar-refractivity contribution >= 4 is 16.7 Å². The topological polar surface area (TPSA) is 69.4 Å². The fraction of sp³-hybridized carbons (Fsp3) is 0.375. The van der Waals surface area contributed by atoms with E-state index >= 15 is 0 Å². The third kappa shape index (κ3) is 1.92.